The van der Waals surface area contributed by atoms with Crippen LogP contribution in [0.15, 0.2) is 47.4 Å². The van der Waals surface area contributed by atoms with Gasteiger partial charge in [-0.2, -0.15) is 0 Å². The second-order valence-electron chi connectivity index (χ2n) is 6.73. The average molecular weight is 430 g/mol. The van der Waals surface area contributed by atoms with Gasteiger partial charge in [0.25, 0.3) is 15.9 Å². The fraction of sp³-hybridized carbons (Fsp3) is 0.286. The molecule has 8 nitrogen and oxygen atoms in total. The van der Waals surface area contributed by atoms with Gasteiger partial charge in [0.05, 0.1) is 17.7 Å². The zero-order valence-electron chi connectivity index (χ0n) is 16.7. The summed E-state index contributed by atoms with van der Waals surface area (Å²) >= 11 is 0. The summed E-state index contributed by atoms with van der Waals surface area (Å²) in [4.78, 5) is 36.7. The highest BCUT2D eigenvalue weighted by Gasteiger charge is 2.40. The minimum Gasteiger partial charge on any atom is -0.462 e. The maximum atomic E-state index is 12.5. The summed E-state index contributed by atoms with van der Waals surface area (Å²) in [6, 6.07) is 11.0. The Kier molecular flexibility index (Phi) is 6.21. The van der Waals surface area contributed by atoms with Crippen LogP contribution >= 0.6 is 0 Å². The molecule has 0 aliphatic carbocycles. The highest BCUT2D eigenvalue weighted by molar-refractivity contribution is 7.90. The second kappa shape index (κ2) is 8.66. The van der Waals surface area contributed by atoms with Crippen LogP contribution in [-0.4, -0.2) is 43.7 Å². The first-order valence-corrected chi connectivity index (χ1v) is 10.9. The molecule has 158 valence electrons. The molecule has 2 amide bonds. The van der Waals surface area contributed by atoms with Crippen LogP contribution < -0.4 is 5.32 Å². The number of rotatable bonds is 7. The predicted octanol–water partition coefficient (Wildman–Crippen LogP) is 2.74. The molecule has 3 rings (SSSR count). The Morgan fingerprint density at radius 2 is 1.83 bits per heavy atom. The van der Waals surface area contributed by atoms with E-state index in [1.165, 1.54) is 12.1 Å². The Balaban J connectivity index is 1.61. The molecule has 9 heteroatoms. The van der Waals surface area contributed by atoms with E-state index in [4.69, 9.17) is 4.74 Å². The van der Waals surface area contributed by atoms with Crippen molar-refractivity contribution in [1.29, 1.82) is 0 Å². The zero-order chi connectivity index (χ0) is 21.9. The highest BCUT2D eigenvalue weighted by atomic mass is 32.2. The number of fused-ring (bicyclic) bond motifs is 1. The van der Waals surface area contributed by atoms with Crippen LogP contribution in [0.1, 0.15) is 46.0 Å². The van der Waals surface area contributed by atoms with Crippen LogP contribution in [-0.2, 0) is 19.6 Å². The van der Waals surface area contributed by atoms with Crippen molar-refractivity contribution in [3.05, 3.63) is 59.2 Å². The van der Waals surface area contributed by atoms with E-state index in [1.54, 1.807) is 44.2 Å². The molecule has 1 N–H and O–H groups in total. The minimum absolute atomic E-state index is 0.00847. The minimum atomic E-state index is -3.88. The smallest absolute Gasteiger partial charge is 0.338 e. The predicted molar refractivity (Wildman–Crippen MR) is 110 cm³/mol. The molecule has 0 unspecified atom stereocenters. The Morgan fingerprint density at radius 3 is 2.53 bits per heavy atom. The number of nitrogens with one attached hydrogen (secondary N) is 1. The van der Waals surface area contributed by atoms with Crippen LogP contribution in [0.2, 0.25) is 0 Å². The fourth-order valence-electron chi connectivity index (χ4n) is 3.25. The van der Waals surface area contributed by atoms with Gasteiger partial charge in [0, 0.05) is 18.7 Å². The Hall–Kier alpha value is -3.20. The molecule has 0 fully saturated rings. The summed E-state index contributed by atoms with van der Waals surface area (Å²) in [6.07, 6.45) is 0.181. The van der Waals surface area contributed by atoms with E-state index in [0.29, 0.717) is 16.8 Å². The van der Waals surface area contributed by atoms with Gasteiger partial charge >= 0.3 is 5.97 Å². The van der Waals surface area contributed by atoms with Crippen LogP contribution in [0, 0.1) is 6.92 Å². The highest BCUT2D eigenvalue weighted by Crippen LogP contribution is 2.30. The molecule has 0 saturated carbocycles. The van der Waals surface area contributed by atoms with E-state index in [-0.39, 0.29) is 42.4 Å². The molecule has 2 aromatic rings. The van der Waals surface area contributed by atoms with Crippen molar-refractivity contribution in [3.8, 4) is 0 Å². The van der Waals surface area contributed by atoms with Gasteiger partial charge < -0.3 is 10.1 Å². The summed E-state index contributed by atoms with van der Waals surface area (Å²) in [5, 5.41) is 2.72. The number of esters is 1. The lowest BCUT2D eigenvalue weighted by Gasteiger charge is -2.15. The molecular weight excluding hydrogens is 408 g/mol. The van der Waals surface area contributed by atoms with Gasteiger partial charge in [-0.15, -0.1) is 0 Å². The summed E-state index contributed by atoms with van der Waals surface area (Å²) in [6.45, 7) is 3.57. The van der Waals surface area contributed by atoms with Crippen LogP contribution in [0.3, 0.4) is 0 Å². The Morgan fingerprint density at radius 1 is 1.10 bits per heavy atom. The lowest BCUT2D eigenvalue weighted by molar-refractivity contribution is -0.116. The van der Waals surface area contributed by atoms with Crippen LogP contribution in [0.4, 0.5) is 5.69 Å². The molecule has 0 bridgehead atoms. The molecule has 1 heterocycles. The number of carbonyl (C=O) groups is 3. The molecule has 0 saturated heterocycles. The molecule has 0 spiro atoms. The standard InChI is InChI=1S/C21H22N2O6S/c1-3-29-21(26)15-9-6-10-17(14(15)2)22-19(24)12-7-13-23-20(25)16-8-4-5-11-18(16)30(23,27)28/h4-6,8-11H,3,7,12-13H2,1-2H3,(H,22,24). The third-order valence-electron chi connectivity index (χ3n) is 4.78. The van der Waals surface area contributed by atoms with Gasteiger partial charge in [-0.05, 0) is 50.1 Å². The SMILES string of the molecule is CCOC(=O)c1cccc(NC(=O)CCCN2C(=O)c3ccccc3S2(=O)=O)c1C. The summed E-state index contributed by atoms with van der Waals surface area (Å²) in [7, 11) is -3.88. The van der Waals surface area contributed by atoms with Crippen molar-refractivity contribution in [3.63, 3.8) is 0 Å². The first kappa shape index (κ1) is 21.5. The number of anilines is 1. The van der Waals surface area contributed by atoms with Gasteiger partial charge in [0.2, 0.25) is 5.91 Å². The normalized spacial score (nSPS) is 14.3. The zero-order valence-corrected chi connectivity index (χ0v) is 17.5. The van der Waals surface area contributed by atoms with Crippen molar-refractivity contribution in [2.75, 3.05) is 18.5 Å². The van der Waals surface area contributed by atoms with E-state index < -0.39 is 21.9 Å². The molecule has 1 aliphatic rings. The molecule has 0 aromatic heterocycles. The Labute approximate surface area is 174 Å². The number of hydrogen-bond acceptors (Lipinski definition) is 6. The number of nitrogens with zero attached hydrogens (tertiary/aromatic N) is 1. The second-order valence-corrected chi connectivity index (χ2v) is 8.56. The maximum Gasteiger partial charge on any atom is 0.338 e. The fourth-order valence-corrected chi connectivity index (χ4v) is 4.86. The summed E-state index contributed by atoms with van der Waals surface area (Å²) in [5.74, 6) is -1.40. The van der Waals surface area contributed by atoms with E-state index in [1.807, 2.05) is 0 Å². The largest absolute Gasteiger partial charge is 0.462 e. The molecule has 2 aromatic carbocycles. The third-order valence-corrected chi connectivity index (χ3v) is 6.62. The molecular formula is C21H22N2O6S. The van der Waals surface area contributed by atoms with E-state index in [0.717, 1.165) is 4.31 Å². The van der Waals surface area contributed by atoms with Gasteiger partial charge in [-0.25, -0.2) is 17.5 Å². The number of carbonyl (C=O) groups excluding carboxylic acids is 3. The van der Waals surface area contributed by atoms with Crippen molar-refractivity contribution in [2.45, 2.75) is 31.6 Å². The first-order chi connectivity index (χ1) is 14.3. The molecule has 0 atom stereocenters. The number of amides is 2. The van der Waals surface area contributed by atoms with Crippen molar-refractivity contribution < 1.29 is 27.5 Å². The number of benzene rings is 2. The van der Waals surface area contributed by atoms with Gasteiger partial charge in [-0.3, -0.25) is 9.59 Å². The van der Waals surface area contributed by atoms with E-state index >= 15 is 0 Å². The Bertz CT molecular complexity index is 1110. The number of sulfonamides is 1. The number of ether oxygens (including phenoxy) is 1. The quantitative estimate of drug-likeness (QED) is 0.677. The van der Waals surface area contributed by atoms with E-state index in [9.17, 15) is 22.8 Å². The van der Waals surface area contributed by atoms with Crippen molar-refractivity contribution in [1.82, 2.24) is 4.31 Å². The van der Waals surface area contributed by atoms with Crippen molar-refractivity contribution in [2.24, 2.45) is 0 Å². The van der Waals surface area contributed by atoms with Crippen molar-refractivity contribution >= 4 is 33.5 Å². The van der Waals surface area contributed by atoms with E-state index in [2.05, 4.69) is 5.32 Å². The summed E-state index contributed by atoms with van der Waals surface area (Å²) < 4.78 is 30.8. The third kappa shape index (κ3) is 4.06. The maximum absolute atomic E-state index is 12.5. The van der Waals surface area contributed by atoms with Gasteiger partial charge in [0.1, 0.15) is 4.90 Å². The summed E-state index contributed by atoms with van der Waals surface area (Å²) in [5.41, 5.74) is 1.56. The lowest BCUT2D eigenvalue weighted by Crippen LogP contribution is -2.31. The molecule has 1 aliphatic heterocycles. The first-order valence-electron chi connectivity index (χ1n) is 9.50. The number of hydrogen-bond donors (Lipinski definition) is 1. The monoisotopic (exact) mass is 430 g/mol. The van der Waals surface area contributed by atoms with Crippen LogP contribution in [0.5, 0.6) is 0 Å². The molecule has 0 radical (unpaired) electrons. The lowest BCUT2D eigenvalue weighted by atomic mass is 10.1. The average Bonchev–Trinajstić information content (AvgIpc) is 2.90. The molecule has 30 heavy (non-hydrogen) atoms. The van der Waals surface area contributed by atoms with Gasteiger partial charge in [-0.1, -0.05) is 18.2 Å². The van der Waals surface area contributed by atoms with Crippen LogP contribution in [0.25, 0.3) is 0 Å². The van der Waals surface area contributed by atoms with Gasteiger partial charge in [0.15, 0.2) is 0 Å². The topological polar surface area (TPSA) is 110 Å².